The van der Waals surface area contributed by atoms with Crippen molar-refractivity contribution in [2.24, 2.45) is 11.0 Å². The molecule has 27 heavy (non-hydrogen) atoms. The van der Waals surface area contributed by atoms with Crippen LogP contribution < -0.4 is 15.4 Å². The van der Waals surface area contributed by atoms with Gasteiger partial charge >= 0.3 is 0 Å². The van der Waals surface area contributed by atoms with Crippen LogP contribution in [0.5, 0.6) is 5.75 Å². The zero-order valence-corrected chi connectivity index (χ0v) is 16.6. The summed E-state index contributed by atoms with van der Waals surface area (Å²) in [6, 6.07) is 1.71. The lowest BCUT2D eigenvalue weighted by Gasteiger charge is -2.19. The minimum absolute atomic E-state index is 0.200. The Hall–Kier alpha value is -2.19. The van der Waals surface area contributed by atoms with Crippen LogP contribution in [0.1, 0.15) is 18.4 Å². The quantitative estimate of drug-likeness (QED) is 0.749. The van der Waals surface area contributed by atoms with Crippen LogP contribution in [0, 0.1) is 5.92 Å². The zero-order chi connectivity index (χ0) is 19.0. The minimum Gasteiger partial charge on any atom is -0.494 e. The third-order valence-corrected chi connectivity index (χ3v) is 6.24. The average molecular weight is 406 g/mol. The first kappa shape index (κ1) is 18.2. The summed E-state index contributed by atoms with van der Waals surface area (Å²) in [4.78, 5) is 17.0. The lowest BCUT2D eigenvalue weighted by atomic mass is 9.97. The van der Waals surface area contributed by atoms with Gasteiger partial charge in [0.2, 0.25) is 0 Å². The maximum Gasteiger partial charge on any atom is 0.257 e. The van der Waals surface area contributed by atoms with E-state index in [-0.39, 0.29) is 5.91 Å². The molecule has 0 aromatic carbocycles. The molecule has 1 atom stereocenters. The Balaban J connectivity index is 1.60. The topological polar surface area (TPSA) is 78.8 Å². The number of nitrogens with one attached hydrogen (secondary N) is 2. The average Bonchev–Trinajstić information content (AvgIpc) is 3.45. The van der Waals surface area contributed by atoms with Gasteiger partial charge in [0, 0.05) is 24.7 Å². The monoisotopic (exact) mass is 405 g/mol. The van der Waals surface area contributed by atoms with Crippen LogP contribution in [0.2, 0.25) is 5.15 Å². The van der Waals surface area contributed by atoms with Crippen LogP contribution in [0.3, 0.4) is 0 Å². The summed E-state index contributed by atoms with van der Waals surface area (Å²) < 4.78 is 5.40. The summed E-state index contributed by atoms with van der Waals surface area (Å²) >= 11 is 7.68. The third kappa shape index (κ3) is 3.77. The van der Waals surface area contributed by atoms with Crippen molar-refractivity contribution in [3.05, 3.63) is 40.8 Å². The molecule has 0 spiro atoms. The summed E-state index contributed by atoms with van der Waals surface area (Å²) in [5.74, 6) is 1.03. The number of amides is 1. The van der Waals surface area contributed by atoms with E-state index in [4.69, 9.17) is 16.3 Å². The van der Waals surface area contributed by atoms with E-state index in [1.165, 1.54) is 12.8 Å². The van der Waals surface area contributed by atoms with E-state index in [2.05, 4.69) is 20.7 Å². The predicted octanol–water partition coefficient (Wildman–Crippen LogP) is 2.42. The smallest absolute Gasteiger partial charge is 0.257 e. The van der Waals surface area contributed by atoms with Crippen molar-refractivity contribution < 1.29 is 9.53 Å². The fourth-order valence-corrected chi connectivity index (χ4v) is 4.56. The first-order chi connectivity index (χ1) is 13.1. The standard InChI is InChI=1S/C18H20ClN5O2S/c1-24-17(10-3-4-10)27-18(23-24)22-16(25)11-5-6-20-8-13(11)12-7-15(19)21-9-14(12)26-2/h5-7,9-10,17,20H,3-4,8H2,1-2H3,(H,22,23,25). The van der Waals surface area contributed by atoms with E-state index >= 15 is 0 Å². The number of methoxy groups -OCH3 is 1. The molecule has 142 valence electrons. The molecular weight excluding hydrogens is 386 g/mol. The molecular formula is C18H20ClN5O2S. The van der Waals surface area contributed by atoms with E-state index in [1.54, 1.807) is 43.4 Å². The van der Waals surface area contributed by atoms with Gasteiger partial charge in [0.25, 0.3) is 5.91 Å². The van der Waals surface area contributed by atoms with Crippen LogP contribution in [-0.2, 0) is 4.79 Å². The number of pyridine rings is 1. The van der Waals surface area contributed by atoms with Gasteiger partial charge < -0.3 is 10.1 Å². The molecule has 2 N–H and O–H groups in total. The summed E-state index contributed by atoms with van der Waals surface area (Å²) in [5, 5.41) is 13.8. The van der Waals surface area contributed by atoms with Crippen molar-refractivity contribution in [3.63, 3.8) is 0 Å². The molecule has 0 saturated heterocycles. The number of carbonyl (C=O) groups is 1. The highest BCUT2D eigenvalue weighted by Crippen LogP contribution is 2.43. The summed E-state index contributed by atoms with van der Waals surface area (Å²) in [5.41, 5.74) is 2.09. The lowest BCUT2D eigenvalue weighted by molar-refractivity contribution is -0.115. The maximum atomic E-state index is 13.0. The molecule has 1 amide bonds. The molecule has 3 aliphatic rings. The van der Waals surface area contributed by atoms with Gasteiger partial charge in [0.1, 0.15) is 16.3 Å². The number of nitrogens with zero attached hydrogens (tertiary/aromatic N) is 3. The van der Waals surface area contributed by atoms with Gasteiger partial charge in [0.05, 0.1) is 13.3 Å². The molecule has 1 saturated carbocycles. The molecule has 7 nitrogen and oxygen atoms in total. The SMILES string of the molecule is COc1cnc(Cl)cc1C1=C(C(=O)NC2=NN(C)C(C3CC3)S2)C=CNC1. The Kier molecular flexibility index (Phi) is 5.01. The number of dihydropyridines is 1. The fraction of sp³-hybridized carbons (Fsp3) is 0.389. The molecule has 9 heteroatoms. The van der Waals surface area contributed by atoms with E-state index in [0.717, 1.165) is 11.1 Å². The van der Waals surface area contributed by atoms with Gasteiger partial charge in [-0.05, 0) is 42.7 Å². The second-order valence-corrected chi connectivity index (χ2v) is 8.09. The Morgan fingerprint density at radius 1 is 1.48 bits per heavy atom. The zero-order valence-electron chi connectivity index (χ0n) is 15.0. The summed E-state index contributed by atoms with van der Waals surface area (Å²) in [6.07, 6.45) is 7.53. The fourth-order valence-electron chi connectivity index (χ4n) is 3.18. The van der Waals surface area contributed by atoms with Crippen LogP contribution >= 0.6 is 23.4 Å². The minimum atomic E-state index is -0.200. The first-order valence-corrected chi connectivity index (χ1v) is 9.95. The number of ether oxygens (including phenoxy) is 1. The van der Waals surface area contributed by atoms with Crippen LogP contribution in [0.25, 0.3) is 5.57 Å². The second kappa shape index (κ2) is 7.44. The Labute approximate surface area is 166 Å². The highest BCUT2D eigenvalue weighted by Gasteiger charge is 2.39. The molecule has 1 aromatic rings. The molecule has 1 aliphatic carbocycles. The van der Waals surface area contributed by atoms with E-state index in [1.807, 2.05) is 12.1 Å². The lowest BCUT2D eigenvalue weighted by Crippen LogP contribution is -2.31. The molecule has 1 fully saturated rings. The number of rotatable bonds is 4. The number of thioether (sulfide) groups is 1. The highest BCUT2D eigenvalue weighted by molar-refractivity contribution is 8.14. The van der Waals surface area contributed by atoms with Crippen molar-refractivity contribution >= 4 is 40.0 Å². The molecule has 4 rings (SSSR count). The van der Waals surface area contributed by atoms with Crippen molar-refractivity contribution in [1.29, 1.82) is 0 Å². The molecule has 1 aromatic heterocycles. The first-order valence-electron chi connectivity index (χ1n) is 8.69. The Morgan fingerprint density at radius 3 is 3.04 bits per heavy atom. The van der Waals surface area contributed by atoms with Crippen molar-refractivity contribution in [2.75, 3.05) is 20.7 Å². The van der Waals surface area contributed by atoms with E-state index in [9.17, 15) is 4.79 Å². The molecule has 2 aliphatic heterocycles. The highest BCUT2D eigenvalue weighted by atomic mass is 35.5. The van der Waals surface area contributed by atoms with E-state index < -0.39 is 0 Å². The number of hydrogen-bond acceptors (Lipinski definition) is 7. The number of aromatic nitrogens is 1. The maximum absolute atomic E-state index is 13.0. The third-order valence-electron chi connectivity index (χ3n) is 4.69. The van der Waals surface area contributed by atoms with Crippen molar-refractivity contribution in [1.82, 2.24) is 20.6 Å². The summed E-state index contributed by atoms with van der Waals surface area (Å²) in [7, 11) is 3.52. The van der Waals surface area contributed by atoms with Crippen molar-refractivity contribution in [3.8, 4) is 5.75 Å². The van der Waals surface area contributed by atoms with Gasteiger partial charge in [0.15, 0.2) is 5.17 Å². The normalized spacial score (nSPS) is 21.8. The molecule has 0 radical (unpaired) electrons. The number of carbonyl (C=O) groups excluding carboxylic acids is 1. The van der Waals surface area contributed by atoms with Gasteiger partial charge in [-0.1, -0.05) is 23.4 Å². The van der Waals surface area contributed by atoms with Crippen LogP contribution in [0.15, 0.2) is 35.2 Å². The predicted molar refractivity (Wildman–Crippen MR) is 107 cm³/mol. The number of hydrogen-bond donors (Lipinski definition) is 2. The second-order valence-electron chi connectivity index (χ2n) is 6.59. The van der Waals surface area contributed by atoms with Gasteiger partial charge in [-0.25, -0.2) is 4.98 Å². The van der Waals surface area contributed by atoms with Crippen molar-refractivity contribution in [2.45, 2.75) is 18.2 Å². The van der Waals surface area contributed by atoms with Crippen LogP contribution in [-0.4, -0.2) is 47.1 Å². The number of amidine groups is 1. The van der Waals surface area contributed by atoms with E-state index in [0.29, 0.717) is 39.5 Å². The van der Waals surface area contributed by atoms with Crippen LogP contribution in [0.4, 0.5) is 0 Å². The van der Waals surface area contributed by atoms with Gasteiger partial charge in [-0.3, -0.25) is 15.1 Å². The van der Waals surface area contributed by atoms with Gasteiger partial charge in [-0.15, -0.1) is 0 Å². The molecule has 0 bridgehead atoms. The Bertz CT molecular complexity index is 865. The molecule has 1 unspecified atom stereocenters. The number of halogens is 1. The Morgan fingerprint density at radius 2 is 2.30 bits per heavy atom. The summed E-state index contributed by atoms with van der Waals surface area (Å²) in [6.45, 7) is 0.486. The molecule has 3 heterocycles. The number of hydrazone groups is 1. The largest absolute Gasteiger partial charge is 0.494 e. The van der Waals surface area contributed by atoms with Gasteiger partial charge in [-0.2, -0.15) is 5.10 Å².